The third kappa shape index (κ3) is 4.06. The molecule has 0 saturated heterocycles. The average molecular weight is 427 g/mol. The number of benzene rings is 2. The molecule has 0 fully saturated rings. The Morgan fingerprint density at radius 2 is 1.75 bits per heavy atom. The van der Waals surface area contributed by atoms with Crippen LogP contribution in [-0.4, -0.2) is 15.9 Å². The number of nitrogens with zero attached hydrogens (tertiary/aromatic N) is 2. The van der Waals surface area contributed by atoms with Crippen LogP contribution in [0.25, 0.3) is 10.6 Å². The second-order valence-corrected chi connectivity index (χ2v) is 8.16. The molecule has 5 nitrogen and oxygen atoms in total. The Morgan fingerprint density at radius 1 is 1.00 bits per heavy atom. The van der Waals surface area contributed by atoms with Crippen LogP contribution in [0.5, 0.6) is 0 Å². The largest absolute Gasteiger partial charge is 0.330 e. The zero-order chi connectivity index (χ0) is 19.5. The lowest BCUT2D eigenvalue weighted by molar-refractivity contribution is 0.102. The first-order valence-electron chi connectivity index (χ1n) is 8.41. The van der Waals surface area contributed by atoms with Crippen molar-refractivity contribution in [3.63, 3.8) is 0 Å². The molecular formula is C20H15ClN4OS2. The molecule has 0 spiro atoms. The molecular weight excluding hydrogens is 412 g/mol. The fourth-order valence-corrected chi connectivity index (χ4v) is 4.45. The van der Waals surface area contributed by atoms with Crippen molar-refractivity contribution in [2.45, 2.75) is 6.92 Å². The molecule has 2 aromatic carbocycles. The number of aromatic nitrogens is 2. The maximum Gasteiger partial charge on any atom is 0.257 e. The van der Waals surface area contributed by atoms with Crippen molar-refractivity contribution >= 4 is 56.1 Å². The first kappa shape index (κ1) is 18.6. The Labute approximate surface area is 175 Å². The molecule has 2 N–H and O–H groups in total. The van der Waals surface area contributed by atoms with E-state index in [4.69, 9.17) is 11.6 Å². The zero-order valence-electron chi connectivity index (χ0n) is 14.8. The van der Waals surface area contributed by atoms with Gasteiger partial charge in [0.25, 0.3) is 5.91 Å². The second kappa shape index (κ2) is 8.10. The van der Waals surface area contributed by atoms with Gasteiger partial charge >= 0.3 is 0 Å². The first-order valence-corrected chi connectivity index (χ1v) is 10.5. The molecule has 0 aliphatic heterocycles. The van der Waals surface area contributed by atoms with E-state index in [2.05, 4.69) is 20.6 Å². The highest BCUT2D eigenvalue weighted by Gasteiger charge is 2.15. The maximum atomic E-state index is 12.3. The van der Waals surface area contributed by atoms with Gasteiger partial charge in [0, 0.05) is 10.9 Å². The predicted octanol–water partition coefficient (Wildman–Crippen LogP) is 6.22. The number of hydrogen-bond donors (Lipinski definition) is 2. The highest BCUT2D eigenvalue weighted by molar-refractivity contribution is 7.20. The molecule has 2 heterocycles. The molecule has 0 aliphatic carbocycles. The molecule has 4 rings (SSSR count). The van der Waals surface area contributed by atoms with Gasteiger partial charge in [-0.05, 0) is 31.2 Å². The van der Waals surface area contributed by atoms with Crippen molar-refractivity contribution in [2.24, 2.45) is 0 Å². The van der Waals surface area contributed by atoms with Gasteiger partial charge in [-0.1, -0.05) is 53.3 Å². The standard InChI is InChI=1S/C20H15ClN4OS2/c1-12-17(28-20(22-12)25-18(26)13-7-3-2-4-8-13)16-11-27-19(24-16)23-15-10-6-5-9-14(15)21/h2-11H,1H3,(H,23,24)(H,22,25,26). The Balaban J connectivity index is 1.52. The topological polar surface area (TPSA) is 66.9 Å². The van der Waals surface area contributed by atoms with Gasteiger partial charge in [0.1, 0.15) is 0 Å². The zero-order valence-corrected chi connectivity index (χ0v) is 17.2. The van der Waals surface area contributed by atoms with Crippen LogP contribution in [0, 0.1) is 6.92 Å². The maximum absolute atomic E-state index is 12.3. The van der Waals surface area contributed by atoms with Crippen molar-refractivity contribution in [3.8, 4) is 10.6 Å². The number of halogens is 1. The average Bonchev–Trinajstić information content (AvgIpc) is 3.30. The number of carbonyl (C=O) groups excluding carboxylic acids is 1. The summed E-state index contributed by atoms with van der Waals surface area (Å²) in [6, 6.07) is 16.6. The second-order valence-electron chi connectivity index (χ2n) is 5.90. The molecule has 140 valence electrons. The van der Waals surface area contributed by atoms with Crippen LogP contribution in [0.2, 0.25) is 5.02 Å². The van der Waals surface area contributed by atoms with E-state index in [1.165, 1.54) is 22.7 Å². The number of para-hydroxylation sites is 1. The molecule has 0 unspecified atom stereocenters. The summed E-state index contributed by atoms with van der Waals surface area (Å²) in [6.45, 7) is 1.91. The molecule has 0 atom stereocenters. The number of thiazole rings is 2. The van der Waals surface area contributed by atoms with E-state index in [1.807, 2.05) is 54.8 Å². The van der Waals surface area contributed by atoms with E-state index >= 15 is 0 Å². The molecule has 28 heavy (non-hydrogen) atoms. The van der Waals surface area contributed by atoms with E-state index in [-0.39, 0.29) is 5.91 Å². The van der Waals surface area contributed by atoms with E-state index in [0.29, 0.717) is 15.7 Å². The van der Waals surface area contributed by atoms with Gasteiger partial charge in [0.05, 0.1) is 27.0 Å². The summed E-state index contributed by atoms with van der Waals surface area (Å²) in [4.78, 5) is 22.4. The van der Waals surface area contributed by atoms with E-state index < -0.39 is 0 Å². The summed E-state index contributed by atoms with van der Waals surface area (Å²) in [6.07, 6.45) is 0. The van der Waals surface area contributed by atoms with E-state index in [0.717, 1.165) is 27.1 Å². The third-order valence-corrected chi connectivity index (χ3v) is 6.09. The first-order chi connectivity index (χ1) is 13.6. The predicted molar refractivity (Wildman–Crippen MR) is 117 cm³/mol. The minimum atomic E-state index is -0.180. The van der Waals surface area contributed by atoms with Gasteiger partial charge in [-0.3, -0.25) is 10.1 Å². The quantitative estimate of drug-likeness (QED) is 0.397. The SMILES string of the molecule is Cc1nc(NC(=O)c2ccccc2)sc1-c1csc(Nc2ccccc2Cl)n1. The molecule has 2 aromatic heterocycles. The van der Waals surface area contributed by atoms with Crippen LogP contribution in [-0.2, 0) is 0 Å². The van der Waals surface area contributed by atoms with Crippen molar-refractivity contribution in [1.29, 1.82) is 0 Å². The van der Waals surface area contributed by atoms with Crippen LogP contribution in [0.3, 0.4) is 0 Å². The van der Waals surface area contributed by atoms with Crippen LogP contribution in [0.15, 0.2) is 60.0 Å². The normalized spacial score (nSPS) is 10.6. The van der Waals surface area contributed by atoms with E-state index in [9.17, 15) is 4.79 Å². The minimum Gasteiger partial charge on any atom is -0.330 e. The fraction of sp³-hybridized carbons (Fsp3) is 0.0500. The summed E-state index contributed by atoms with van der Waals surface area (Å²) >= 11 is 9.08. The number of amides is 1. The molecule has 0 saturated carbocycles. The number of hydrogen-bond acceptors (Lipinski definition) is 6. The minimum absolute atomic E-state index is 0.180. The Bertz CT molecular complexity index is 1120. The Morgan fingerprint density at radius 3 is 2.54 bits per heavy atom. The van der Waals surface area contributed by atoms with Crippen molar-refractivity contribution in [3.05, 3.63) is 76.3 Å². The lowest BCUT2D eigenvalue weighted by Gasteiger charge is -2.03. The van der Waals surface area contributed by atoms with Gasteiger partial charge in [-0.15, -0.1) is 11.3 Å². The van der Waals surface area contributed by atoms with E-state index in [1.54, 1.807) is 12.1 Å². The van der Waals surface area contributed by atoms with Crippen LogP contribution >= 0.6 is 34.3 Å². The molecule has 4 aromatic rings. The third-order valence-electron chi connectivity index (χ3n) is 3.91. The summed E-state index contributed by atoms with van der Waals surface area (Å²) in [5.41, 5.74) is 3.04. The van der Waals surface area contributed by atoms with Crippen molar-refractivity contribution in [2.75, 3.05) is 10.6 Å². The van der Waals surface area contributed by atoms with Gasteiger partial charge in [-0.2, -0.15) is 0 Å². The number of aryl methyl sites for hydroxylation is 1. The summed E-state index contributed by atoms with van der Waals surface area (Å²) in [5, 5.41) is 9.98. The van der Waals surface area contributed by atoms with Crippen LogP contribution in [0.1, 0.15) is 16.1 Å². The number of carbonyl (C=O) groups is 1. The molecule has 0 bridgehead atoms. The molecule has 1 amide bonds. The Kier molecular flexibility index (Phi) is 5.38. The smallest absolute Gasteiger partial charge is 0.257 e. The highest BCUT2D eigenvalue weighted by atomic mass is 35.5. The van der Waals surface area contributed by atoms with Gasteiger partial charge < -0.3 is 5.32 Å². The van der Waals surface area contributed by atoms with Crippen molar-refractivity contribution < 1.29 is 4.79 Å². The molecule has 0 radical (unpaired) electrons. The molecule has 0 aliphatic rings. The van der Waals surface area contributed by atoms with Crippen LogP contribution < -0.4 is 10.6 Å². The van der Waals surface area contributed by atoms with Gasteiger partial charge in [-0.25, -0.2) is 9.97 Å². The summed E-state index contributed by atoms with van der Waals surface area (Å²) in [7, 11) is 0. The summed E-state index contributed by atoms with van der Waals surface area (Å²) in [5.74, 6) is -0.180. The van der Waals surface area contributed by atoms with Gasteiger partial charge in [0.15, 0.2) is 10.3 Å². The van der Waals surface area contributed by atoms with Crippen LogP contribution in [0.4, 0.5) is 16.0 Å². The van der Waals surface area contributed by atoms with Gasteiger partial charge in [0.2, 0.25) is 0 Å². The number of rotatable bonds is 5. The lowest BCUT2D eigenvalue weighted by atomic mass is 10.2. The molecule has 8 heteroatoms. The summed E-state index contributed by atoms with van der Waals surface area (Å²) < 4.78 is 0. The fourth-order valence-electron chi connectivity index (χ4n) is 2.56. The Hall–Kier alpha value is -2.74. The number of nitrogens with one attached hydrogen (secondary N) is 2. The lowest BCUT2D eigenvalue weighted by Crippen LogP contribution is -2.11. The highest BCUT2D eigenvalue weighted by Crippen LogP contribution is 2.36. The van der Waals surface area contributed by atoms with Crippen molar-refractivity contribution in [1.82, 2.24) is 9.97 Å². The monoisotopic (exact) mass is 426 g/mol. The number of anilines is 3.